The second-order valence-electron chi connectivity index (χ2n) is 4.69. The Morgan fingerprint density at radius 2 is 1.80 bits per heavy atom. The largest absolute Gasteiger partial charge is 0.508 e. The van der Waals surface area contributed by atoms with Crippen LogP contribution in [-0.4, -0.2) is 22.9 Å². The molecule has 0 bridgehead atoms. The Kier molecular flexibility index (Phi) is 5.41. The summed E-state index contributed by atoms with van der Waals surface area (Å²) in [5, 5.41) is 23.0. The van der Waals surface area contributed by atoms with Crippen LogP contribution in [0.25, 0.3) is 0 Å². The predicted molar refractivity (Wildman–Crippen MR) is 81.0 cm³/mol. The third-order valence-corrected chi connectivity index (χ3v) is 3.56. The van der Waals surface area contributed by atoms with E-state index in [1.807, 2.05) is 30.3 Å². The highest BCUT2D eigenvalue weighted by Gasteiger charge is 2.11. The molecule has 0 aliphatic heterocycles. The van der Waals surface area contributed by atoms with E-state index < -0.39 is 0 Å². The first kappa shape index (κ1) is 14.9. The number of rotatable bonds is 6. The van der Waals surface area contributed by atoms with Crippen LogP contribution in [0.15, 0.2) is 48.5 Å². The lowest BCUT2D eigenvalue weighted by molar-refractivity contribution is 0.240. The molecule has 2 aromatic carbocycles. The topological polar surface area (TPSA) is 52.5 Å². The predicted octanol–water partition coefficient (Wildman–Crippen LogP) is 2.74. The number of benzene rings is 2. The summed E-state index contributed by atoms with van der Waals surface area (Å²) in [6.07, 6.45) is 0.725. The highest BCUT2D eigenvalue weighted by Crippen LogP contribution is 2.24. The fourth-order valence-corrected chi connectivity index (χ4v) is 2.30. The summed E-state index contributed by atoms with van der Waals surface area (Å²) in [6, 6.07) is 14.9. The number of aliphatic hydroxyl groups excluding tert-OH is 1. The van der Waals surface area contributed by atoms with Crippen LogP contribution in [0.2, 0.25) is 5.02 Å². The zero-order valence-electron chi connectivity index (χ0n) is 11.1. The molecule has 0 saturated carbocycles. The molecule has 0 saturated heterocycles. The molecule has 4 heteroatoms. The van der Waals surface area contributed by atoms with Gasteiger partial charge in [-0.05, 0) is 24.1 Å². The van der Waals surface area contributed by atoms with Crippen molar-refractivity contribution in [1.29, 1.82) is 0 Å². The molecule has 0 aliphatic rings. The highest BCUT2D eigenvalue weighted by molar-refractivity contribution is 6.31. The first-order valence-corrected chi connectivity index (χ1v) is 6.93. The van der Waals surface area contributed by atoms with E-state index in [0.717, 1.165) is 12.0 Å². The maximum Gasteiger partial charge on any atom is 0.121 e. The molecule has 0 amide bonds. The molecule has 3 nitrogen and oxygen atoms in total. The quantitative estimate of drug-likeness (QED) is 0.767. The zero-order valence-corrected chi connectivity index (χ0v) is 11.8. The summed E-state index contributed by atoms with van der Waals surface area (Å²) in [7, 11) is 0. The first-order valence-electron chi connectivity index (χ1n) is 6.55. The molecule has 106 valence electrons. The summed E-state index contributed by atoms with van der Waals surface area (Å²) >= 11 is 6.05. The highest BCUT2D eigenvalue weighted by atomic mass is 35.5. The van der Waals surface area contributed by atoms with Crippen LogP contribution in [0, 0.1) is 0 Å². The molecule has 0 unspecified atom stereocenters. The minimum atomic E-state index is -0.0759. The smallest absolute Gasteiger partial charge is 0.121 e. The number of aromatic hydroxyl groups is 1. The average molecular weight is 292 g/mol. The molecule has 2 aromatic rings. The molecule has 20 heavy (non-hydrogen) atoms. The van der Waals surface area contributed by atoms with Crippen molar-refractivity contribution in [2.75, 3.05) is 6.61 Å². The Morgan fingerprint density at radius 3 is 2.45 bits per heavy atom. The van der Waals surface area contributed by atoms with E-state index in [1.165, 1.54) is 0 Å². The number of phenolic OH excluding ortho intramolecular Hbond substituents is 1. The van der Waals surface area contributed by atoms with Gasteiger partial charge in [0.15, 0.2) is 0 Å². The van der Waals surface area contributed by atoms with Gasteiger partial charge in [0.1, 0.15) is 5.75 Å². The zero-order chi connectivity index (χ0) is 14.4. The molecule has 0 aromatic heterocycles. The maximum atomic E-state index is 9.78. The Bertz CT molecular complexity index is 525. The lowest BCUT2D eigenvalue weighted by Crippen LogP contribution is -2.34. The van der Waals surface area contributed by atoms with Crippen molar-refractivity contribution >= 4 is 11.6 Å². The van der Waals surface area contributed by atoms with Crippen LogP contribution in [0.4, 0.5) is 0 Å². The van der Waals surface area contributed by atoms with Gasteiger partial charge in [0.2, 0.25) is 0 Å². The second kappa shape index (κ2) is 7.29. The Balaban J connectivity index is 1.97. The van der Waals surface area contributed by atoms with Gasteiger partial charge in [-0.25, -0.2) is 0 Å². The monoisotopic (exact) mass is 291 g/mol. The fourth-order valence-electron chi connectivity index (χ4n) is 2.07. The molecule has 0 aliphatic carbocycles. The van der Waals surface area contributed by atoms with Crippen LogP contribution in [0.1, 0.15) is 11.1 Å². The van der Waals surface area contributed by atoms with Crippen molar-refractivity contribution in [3.05, 3.63) is 64.7 Å². The van der Waals surface area contributed by atoms with Gasteiger partial charge < -0.3 is 15.5 Å². The molecular formula is C16H18ClNO2. The van der Waals surface area contributed by atoms with Gasteiger partial charge in [-0.2, -0.15) is 0 Å². The number of hydrogen-bond acceptors (Lipinski definition) is 3. The molecule has 0 radical (unpaired) electrons. The molecule has 0 fully saturated rings. The van der Waals surface area contributed by atoms with E-state index >= 15 is 0 Å². The van der Waals surface area contributed by atoms with E-state index in [1.54, 1.807) is 18.2 Å². The van der Waals surface area contributed by atoms with E-state index in [0.29, 0.717) is 17.1 Å². The third-order valence-electron chi connectivity index (χ3n) is 3.21. The Morgan fingerprint density at radius 1 is 1.05 bits per heavy atom. The van der Waals surface area contributed by atoms with Crippen LogP contribution in [-0.2, 0) is 13.0 Å². The average Bonchev–Trinajstić information content (AvgIpc) is 2.46. The van der Waals surface area contributed by atoms with Crippen LogP contribution in [0.5, 0.6) is 5.75 Å². The third kappa shape index (κ3) is 3.97. The lowest BCUT2D eigenvalue weighted by atomic mass is 10.1. The van der Waals surface area contributed by atoms with Crippen molar-refractivity contribution in [2.45, 2.75) is 19.0 Å². The van der Waals surface area contributed by atoms with E-state index in [9.17, 15) is 10.2 Å². The van der Waals surface area contributed by atoms with Gasteiger partial charge in [0.05, 0.1) is 6.61 Å². The number of aliphatic hydroxyl groups is 1. The van der Waals surface area contributed by atoms with E-state index in [4.69, 9.17) is 11.6 Å². The Labute approximate surface area is 123 Å². The lowest BCUT2D eigenvalue weighted by Gasteiger charge is -2.17. The molecule has 1 atom stereocenters. The minimum Gasteiger partial charge on any atom is -0.508 e. The van der Waals surface area contributed by atoms with E-state index in [-0.39, 0.29) is 18.4 Å². The van der Waals surface area contributed by atoms with Crippen LogP contribution >= 0.6 is 11.6 Å². The summed E-state index contributed by atoms with van der Waals surface area (Å²) in [6.45, 7) is 0.448. The number of phenols is 1. The summed E-state index contributed by atoms with van der Waals surface area (Å²) in [5.74, 6) is 0.168. The maximum absolute atomic E-state index is 9.78. The Hall–Kier alpha value is -1.55. The van der Waals surface area contributed by atoms with Gasteiger partial charge in [-0.1, -0.05) is 48.0 Å². The molecule has 3 N–H and O–H groups in total. The minimum absolute atomic E-state index is 0.0279. The van der Waals surface area contributed by atoms with Crippen molar-refractivity contribution in [3.63, 3.8) is 0 Å². The summed E-state index contributed by atoms with van der Waals surface area (Å²) in [4.78, 5) is 0. The van der Waals surface area contributed by atoms with Crippen molar-refractivity contribution in [3.8, 4) is 5.75 Å². The normalized spacial score (nSPS) is 12.3. The molecule has 0 heterocycles. The number of halogens is 1. The van der Waals surface area contributed by atoms with Gasteiger partial charge in [-0.3, -0.25) is 0 Å². The van der Waals surface area contributed by atoms with Crippen molar-refractivity contribution in [2.24, 2.45) is 0 Å². The van der Waals surface area contributed by atoms with Gasteiger partial charge in [-0.15, -0.1) is 0 Å². The van der Waals surface area contributed by atoms with Crippen LogP contribution in [0.3, 0.4) is 0 Å². The van der Waals surface area contributed by atoms with Crippen molar-refractivity contribution in [1.82, 2.24) is 5.32 Å². The summed E-state index contributed by atoms with van der Waals surface area (Å²) in [5.41, 5.74) is 1.81. The fraction of sp³-hybridized carbons (Fsp3) is 0.250. The standard InChI is InChI=1S/C16H18ClNO2/c17-15-7-4-8-16(20)14(15)10-18-13(11-19)9-12-5-2-1-3-6-12/h1-8,13,18-20H,9-11H2/t13-/m1/s1. The first-order chi connectivity index (χ1) is 9.70. The van der Waals surface area contributed by atoms with Crippen molar-refractivity contribution < 1.29 is 10.2 Å². The SMILES string of the molecule is OC[C@@H](Cc1ccccc1)NCc1c(O)cccc1Cl. The molecular weight excluding hydrogens is 274 g/mol. The van der Waals surface area contributed by atoms with Crippen LogP contribution < -0.4 is 5.32 Å². The second-order valence-corrected chi connectivity index (χ2v) is 5.09. The molecule has 0 spiro atoms. The van der Waals surface area contributed by atoms with Gasteiger partial charge >= 0.3 is 0 Å². The van der Waals surface area contributed by atoms with Gasteiger partial charge in [0.25, 0.3) is 0 Å². The molecule has 2 rings (SSSR count). The van der Waals surface area contributed by atoms with Gasteiger partial charge in [0, 0.05) is 23.2 Å². The summed E-state index contributed by atoms with van der Waals surface area (Å²) < 4.78 is 0. The number of nitrogens with one attached hydrogen (secondary N) is 1. The van der Waals surface area contributed by atoms with E-state index in [2.05, 4.69) is 5.32 Å². The number of hydrogen-bond donors (Lipinski definition) is 3.